The first-order valence-corrected chi connectivity index (χ1v) is 43.8. The van der Waals surface area contributed by atoms with Crippen LogP contribution in [0.2, 0.25) is 0 Å². The van der Waals surface area contributed by atoms with E-state index in [-0.39, 0.29) is 91.0 Å². The third-order valence-electron chi connectivity index (χ3n) is 26.5. The molecule has 0 N–H and O–H groups in total. The highest BCUT2D eigenvalue weighted by atomic mass is 15.2. The normalized spacial score (nSPS) is 14.2. The highest BCUT2D eigenvalue weighted by Crippen LogP contribution is 2.60. The van der Waals surface area contributed by atoms with Gasteiger partial charge in [0.15, 0.2) is 0 Å². The van der Waals surface area contributed by atoms with Crippen LogP contribution in [0.1, 0.15) is 71.9 Å². The molecule has 0 aliphatic carbocycles. The van der Waals surface area contributed by atoms with Crippen molar-refractivity contribution in [2.45, 2.75) is 52.4 Å². The number of nitrogens with zero attached hydrogens (tertiary/aromatic N) is 5. The number of hydrogen-bond donors (Lipinski definition) is 0. The number of rotatable bonds is 12. The maximum atomic E-state index is 10.6. The molecule has 0 amide bonds. The summed E-state index contributed by atoms with van der Waals surface area (Å²) in [6.07, 6.45) is 0. The van der Waals surface area contributed by atoms with Crippen LogP contribution in [0.4, 0.5) is 34.1 Å². The molecule has 25 rings (SSSR count). The van der Waals surface area contributed by atoms with E-state index in [4.69, 9.17) is 0 Å². The topological polar surface area (TPSA) is 20.8 Å². The van der Waals surface area contributed by atoms with Crippen LogP contribution in [-0.2, 0) is 10.8 Å². The lowest BCUT2D eigenvalue weighted by atomic mass is 9.33. The zero-order chi connectivity index (χ0) is 97.5. The van der Waals surface area contributed by atoms with Crippen molar-refractivity contribution < 1.29 is 19.2 Å². The SMILES string of the molecule is [2H]c1c([2H])c([2H])c2c(c1[2H])c1c([2H])c(-c3ccccc3)c([2H])c([2H])c1n2-c1ccc2c(c1)N(c1c(-c3ccccc3)cc(C(C)(C)C)cc1-c1ccccc1)c1c3c(c4c5ccccc5n5c6ccccc6c1c45)N(c1c(-c4ccc(-c5ccccc5)cc4)cc(C(C)(C)C)cc1-c1ccc(-c4ccccc4)cc1)c1cc(-n4c5c([2H])c([2H])c([2H])c([2H])c5c5c([2H])c(-c6ccccc6)c([2H])c([2H])c54)ccc1B23. The van der Waals surface area contributed by atoms with Crippen LogP contribution in [0.25, 0.3) is 182 Å². The van der Waals surface area contributed by atoms with Gasteiger partial charge in [0.25, 0.3) is 6.71 Å². The number of fused-ring (bicyclic) bond motifs is 18. The Bertz CT molecular complexity index is 9150. The number of aromatic nitrogens is 3. The van der Waals surface area contributed by atoms with Crippen molar-refractivity contribution in [3.8, 4) is 100 Å². The second kappa shape index (κ2) is 28.9. The van der Waals surface area contributed by atoms with Gasteiger partial charge < -0.3 is 23.3 Å². The standard InChI is InChI=1S/C122H88BN5/c1-121(2,3)89-71-97(83-41-21-11-22-42-83)116(98(72-89)84-43-23-12-24-44-84)127-111-75-91(124-105-49-29-25-45-93(105)101-69-87(61-67-109(101)124)79-37-17-9-18-38-79)63-65-103(111)123-104-66-64-92(125-106-50-30-26-46-94(106)102-70-88(62-68-110(102)125)80-39-19-10-20-40-80)76-112(104)128(120-114-96-48-28-32-52-108(96)126-107-51-31-27-47-95(107)113(118(114)126)119(127)115(120)123)117-99(85-57-53-81(54-58-85)77-33-13-7-14-34-77)73-90(122(4,5)6)74-100(117)86-59-55-82(56-60-86)78-35-15-8-16-36-78/h7-76H,1-6H3/i25D,26D,29D,30D,45D,46D,49D,50D,61D,62D,67D,68D,69D,70D. The Morgan fingerprint density at radius 2 is 0.555 bits per heavy atom. The lowest BCUT2D eigenvalue weighted by Crippen LogP contribution is -2.61. The van der Waals surface area contributed by atoms with E-state index in [9.17, 15) is 19.2 Å². The fourth-order valence-electron chi connectivity index (χ4n) is 20.5. The molecule has 5 nitrogen and oxygen atoms in total. The minimum absolute atomic E-state index is 0.00788. The first-order chi connectivity index (χ1) is 68.7. The molecule has 0 atom stereocenters. The van der Waals surface area contributed by atoms with E-state index in [1.54, 1.807) is 33.4 Å². The molecule has 2 aliphatic heterocycles. The molecule has 0 saturated heterocycles. The average molecular weight is 1650 g/mol. The molecular weight excluding hydrogens is 1550 g/mol. The van der Waals surface area contributed by atoms with Crippen molar-refractivity contribution in [2.24, 2.45) is 0 Å². The maximum Gasteiger partial charge on any atom is 0.252 e. The zero-order valence-corrected chi connectivity index (χ0v) is 71.1. The minimum atomic E-state index is -0.864. The summed E-state index contributed by atoms with van der Waals surface area (Å²) in [7, 11) is 0. The number of benzene rings is 19. The summed E-state index contributed by atoms with van der Waals surface area (Å²) in [5, 5.41) is 3.86. The second-order valence-electron chi connectivity index (χ2n) is 35.9. The van der Waals surface area contributed by atoms with Crippen LogP contribution in [0.3, 0.4) is 0 Å². The van der Waals surface area contributed by atoms with Gasteiger partial charge in [0.1, 0.15) is 0 Å². The lowest BCUT2D eigenvalue weighted by Gasteiger charge is -2.46. The van der Waals surface area contributed by atoms with Crippen molar-refractivity contribution in [2.75, 3.05) is 9.80 Å². The molecule has 4 aromatic heterocycles. The molecule has 19 aromatic carbocycles. The van der Waals surface area contributed by atoms with Crippen LogP contribution in [0.15, 0.2) is 424 Å². The Balaban J connectivity index is 0.922. The van der Waals surface area contributed by atoms with Gasteiger partial charge in [0, 0.05) is 88.1 Å². The molecule has 0 spiro atoms. The third-order valence-corrected chi connectivity index (χ3v) is 26.5. The van der Waals surface area contributed by atoms with E-state index in [1.165, 1.54) is 0 Å². The molecule has 0 fully saturated rings. The monoisotopic (exact) mass is 1650 g/mol. The van der Waals surface area contributed by atoms with E-state index in [0.717, 1.165) is 155 Å². The van der Waals surface area contributed by atoms with Gasteiger partial charge in [-0.1, -0.05) is 369 Å². The number of hydrogen-bond acceptors (Lipinski definition) is 2. The van der Waals surface area contributed by atoms with Crippen LogP contribution in [-0.4, -0.2) is 20.2 Å². The Labute approximate surface area is 765 Å². The summed E-state index contributed by atoms with van der Waals surface area (Å²) in [4.78, 5) is 4.96. The lowest BCUT2D eigenvalue weighted by molar-refractivity contribution is 0.590. The van der Waals surface area contributed by atoms with Crippen molar-refractivity contribution >= 4 is 139 Å². The van der Waals surface area contributed by atoms with Gasteiger partial charge in [-0.05, 0) is 202 Å². The van der Waals surface area contributed by atoms with Gasteiger partial charge in [-0.2, -0.15) is 0 Å². The number of para-hydroxylation sites is 4. The first-order valence-electron chi connectivity index (χ1n) is 50.8. The van der Waals surface area contributed by atoms with Crippen LogP contribution in [0.5, 0.6) is 0 Å². The summed E-state index contributed by atoms with van der Waals surface area (Å²) in [6, 6.07) is 111. The molecule has 128 heavy (non-hydrogen) atoms. The zero-order valence-electron chi connectivity index (χ0n) is 85.1. The van der Waals surface area contributed by atoms with Crippen molar-refractivity contribution in [1.29, 1.82) is 0 Å². The summed E-state index contributed by atoms with van der Waals surface area (Å²) in [5.41, 5.74) is 23.8. The van der Waals surface area contributed by atoms with Crippen LogP contribution >= 0.6 is 0 Å². The fourth-order valence-corrected chi connectivity index (χ4v) is 20.5. The number of anilines is 6. The Kier molecular flexibility index (Phi) is 13.9. The Morgan fingerprint density at radius 3 is 0.922 bits per heavy atom. The summed E-state index contributed by atoms with van der Waals surface area (Å²) >= 11 is 0. The van der Waals surface area contributed by atoms with E-state index in [0.29, 0.717) is 33.9 Å². The highest BCUT2D eigenvalue weighted by Gasteiger charge is 2.49. The van der Waals surface area contributed by atoms with E-state index in [2.05, 4.69) is 298 Å². The van der Waals surface area contributed by atoms with E-state index >= 15 is 0 Å². The molecule has 0 unspecified atom stereocenters. The molecule has 6 heteroatoms. The summed E-state index contributed by atoms with van der Waals surface area (Å²) in [5.74, 6) is 0. The molecule has 2 aliphatic rings. The molecule has 0 saturated carbocycles. The van der Waals surface area contributed by atoms with Gasteiger partial charge in [-0.15, -0.1) is 0 Å². The maximum absolute atomic E-state index is 10.6. The first kappa shape index (κ1) is 61.5. The minimum Gasteiger partial charge on any atom is -0.309 e. The quantitative estimate of drug-likeness (QED) is 0.114. The van der Waals surface area contributed by atoms with Gasteiger partial charge in [0.2, 0.25) is 0 Å². The molecule has 604 valence electrons. The molecule has 23 aromatic rings. The van der Waals surface area contributed by atoms with Gasteiger partial charge in [-0.25, -0.2) is 0 Å². The molecular formula is C122H88BN5. The fraction of sp³-hybridized carbons (Fsp3) is 0.0656. The smallest absolute Gasteiger partial charge is 0.252 e. The largest absolute Gasteiger partial charge is 0.309 e. The molecule has 0 radical (unpaired) electrons. The van der Waals surface area contributed by atoms with Gasteiger partial charge >= 0.3 is 0 Å². The van der Waals surface area contributed by atoms with E-state index < -0.39 is 65.9 Å². The van der Waals surface area contributed by atoms with Gasteiger partial charge in [0.05, 0.1) is 80.6 Å². The van der Waals surface area contributed by atoms with Crippen LogP contribution < -0.4 is 26.2 Å². The summed E-state index contributed by atoms with van der Waals surface area (Å²) < 4.78 is 148. The third kappa shape index (κ3) is 11.6. The molecule has 6 heterocycles. The Morgan fingerprint density at radius 1 is 0.250 bits per heavy atom. The van der Waals surface area contributed by atoms with Crippen molar-refractivity contribution in [3.05, 3.63) is 435 Å². The van der Waals surface area contributed by atoms with Crippen molar-refractivity contribution in [1.82, 2.24) is 13.5 Å². The summed E-state index contributed by atoms with van der Waals surface area (Å²) in [6.45, 7) is 12.6. The van der Waals surface area contributed by atoms with Crippen LogP contribution in [0, 0.1) is 0 Å². The van der Waals surface area contributed by atoms with Crippen molar-refractivity contribution in [3.63, 3.8) is 0 Å². The second-order valence-corrected chi connectivity index (χ2v) is 35.9. The predicted octanol–water partition coefficient (Wildman–Crippen LogP) is 31.0. The highest BCUT2D eigenvalue weighted by molar-refractivity contribution is 7.01. The predicted molar refractivity (Wildman–Crippen MR) is 545 cm³/mol. The molecule has 0 bridgehead atoms. The Hall–Kier alpha value is -15.8. The van der Waals surface area contributed by atoms with Gasteiger partial charge in [-0.3, -0.25) is 0 Å². The average Bonchev–Trinajstić information content (AvgIpc) is 1.44. The van der Waals surface area contributed by atoms with E-state index in [1.807, 2.05) is 72.8 Å².